The van der Waals surface area contributed by atoms with E-state index in [4.69, 9.17) is 0 Å². The molecule has 0 aromatic heterocycles. The first-order valence-corrected chi connectivity index (χ1v) is 9.43. The molecule has 0 aromatic rings. The highest BCUT2D eigenvalue weighted by Crippen LogP contribution is 2.47. The van der Waals surface area contributed by atoms with Crippen molar-refractivity contribution in [2.24, 2.45) is 29.6 Å². The van der Waals surface area contributed by atoms with Gasteiger partial charge < -0.3 is 10.6 Å². The SMILES string of the molecule is CCCC(CCC(CCNCNC)C1CC1C)CC(C)C. The summed E-state index contributed by atoms with van der Waals surface area (Å²) < 4.78 is 0. The van der Waals surface area contributed by atoms with Crippen LogP contribution in [0.5, 0.6) is 0 Å². The number of nitrogens with one attached hydrogen (secondary N) is 2. The van der Waals surface area contributed by atoms with Crippen molar-refractivity contribution in [1.82, 2.24) is 10.6 Å². The van der Waals surface area contributed by atoms with Crippen LogP contribution in [-0.4, -0.2) is 20.3 Å². The van der Waals surface area contributed by atoms with Crippen molar-refractivity contribution < 1.29 is 0 Å². The summed E-state index contributed by atoms with van der Waals surface area (Å²) in [4.78, 5) is 0. The van der Waals surface area contributed by atoms with E-state index >= 15 is 0 Å². The summed E-state index contributed by atoms with van der Waals surface area (Å²) >= 11 is 0. The predicted octanol–water partition coefficient (Wildman–Crippen LogP) is 4.66. The van der Waals surface area contributed by atoms with Gasteiger partial charge in [0.1, 0.15) is 0 Å². The van der Waals surface area contributed by atoms with Crippen LogP contribution in [0.3, 0.4) is 0 Å². The number of hydrogen-bond donors (Lipinski definition) is 2. The Labute approximate surface area is 133 Å². The van der Waals surface area contributed by atoms with Crippen molar-refractivity contribution in [3.63, 3.8) is 0 Å². The van der Waals surface area contributed by atoms with E-state index in [1.54, 1.807) is 0 Å². The van der Waals surface area contributed by atoms with Crippen molar-refractivity contribution in [2.75, 3.05) is 20.3 Å². The van der Waals surface area contributed by atoms with E-state index in [0.717, 1.165) is 36.3 Å². The van der Waals surface area contributed by atoms with E-state index in [1.807, 2.05) is 7.05 Å². The second-order valence-corrected chi connectivity index (χ2v) is 7.82. The largest absolute Gasteiger partial charge is 0.308 e. The Hall–Kier alpha value is -0.0800. The Kier molecular flexibility index (Phi) is 9.59. The molecule has 0 saturated heterocycles. The zero-order valence-corrected chi connectivity index (χ0v) is 15.3. The fourth-order valence-electron chi connectivity index (χ4n) is 3.99. The van der Waals surface area contributed by atoms with Crippen LogP contribution in [0.2, 0.25) is 0 Å². The molecule has 2 heteroatoms. The van der Waals surface area contributed by atoms with Crippen LogP contribution >= 0.6 is 0 Å². The molecular weight excluding hydrogens is 256 g/mol. The average molecular weight is 297 g/mol. The molecule has 0 bridgehead atoms. The molecule has 2 N–H and O–H groups in total. The van der Waals surface area contributed by atoms with Gasteiger partial charge in [0.05, 0.1) is 0 Å². The molecular formula is C19H40N2. The van der Waals surface area contributed by atoms with Crippen molar-refractivity contribution in [3.05, 3.63) is 0 Å². The molecule has 1 rings (SSSR count). The fraction of sp³-hybridized carbons (Fsp3) is 1.00. The van der Waals surface area contributed by atoms with E-state index in [0.29, 0.717) is 0 Å². The minimum absolute atomic E-state index is 0.858. The summed E-state index contributed by atoms with van der Waals surface area (Å²) in [5, 5.41) is 6.67. The average Bonchev–Trinajstić information content (AvgIpc) is 3.14. The molecule has 0 amide bonds. The van der Waals surface area contributed by atoms with Crippen LogP contribution in [0.15, 0.2) is 0 Å². The molecule has 21 heavy (non-hydrogen) atoms. The topological polar surface area (TPSA) is 24.1 Å². The summed E-state index contributed by atoms with van der Waals surface area (Å²) in [6.07, 6.45) is 10.0. The van der Waals surface area contributed by atoms with Gasteiger partial charge in [0.25, 0.3) is 0 Å². The zero-order valence-electron chi connectivity index (χ0n) is 15.3. The van der Waals surface area contributed by atoms with E-state index in [-0.39, 0.29) is 0 Å². The minimum atomic E-state index is 0.858. The monoisotopic (exact) mass is 296 g/mol. The number of rotatable bonds is 13. The molecule has 126 valence electrons. The summed E-state index contributed by atoms with van der Waals surface area (Å²) in [7, 11) is 2.01. The third-order valence-corrected chi connectivity index (χ3v) is 5.22. The van der Waals surface area contributed by atoms with Gasteiger partial charge in [0.2, 0.25) is 0 Å². The van der Waals surface area contributed by atoms with Crippen molar-refractivity contribution in [1.29, 1.82) is 0 Å². The van der Waals surface area contributed by atoms with Gasteiger partial charge in [-0.3, -0.25) is 0 Å². The minimum Gasteiger partial charge on any atom is -0.308 e. The molecule has 0 aliphatic heterocycles. The quantitative estimate of drug-likeness (QED) is 0.381. The van der Waals surface area contributed by atoms with Gasteiger partial charge in [0.15, 0.2) is 0 Å². The van der Waals surface area contributed by atoms with Crippen molar-refractivity contribution in [2.45, 2.75) is 72.6 Å². The normalized spacial score (nSPS) is 24.3. The third kappa shape index (κ3) is 8.21. The van der Waals surface area contributed by atoms with Gasteiger partial charge in [-0.2, -0.15) is 0 Å². The molecule has 0 heterocycles. The van der Waals surface area contributed by atoms with Crippen molar-refractivity contribution >= 4 is 0 Å². The first kappa shape index (κ1) is 19.0. The van der Waals surface area contributed by atoms with E-state index in [1.165, 1.54) is 51.5 Å². The lowest BCUT2D eigenvalue weighted by Gasteiger charge is -2.23. The van der Waals surface area contributed by atoms with Crippen molar-refractivity contribution in [3.8, 4) is 0 Å². The van der Waals surface area contributed by atoms with Gasteiger partial charge >= 0.3 is 0 Å². The third-order valence-electron chi connectivity index (χ3n) is 5.22. The van der Waals surface area contributed by atoms with E-state index in [2.05, 4.69) is 38.3 Å². The van der Waals surface area contributed by atoms with Crippen LogP contribution in [0.25, 0.3) is 0 Å². The molecule has 1 saturated carbocycles. The molecule has 1 aliphatic rings. The van der Waals surface area contributed by atoms with Gasteiger partial charge in [0, 0.05) is 6.67 Å². The van der Waals surface area contributed by atoms with Crippen LogP contribution in [0, 0.1) is 29.6 Å². The maximum absolute atomic E-state index is 3.50. The Morgan fingerprint density at radius 1 is 1.10 bits per heavy atom. The highest BCUT2D eigenvalue weighted by Gasteiger charge is 2.38. The summed E-state index contributed by atoms with van der Waals surface area (Å²) in [5.74, 6) is 4.82. The van der Waals surface area contributed by atoms with Crippen LogP contribution < -0.4 is 10.6 Å². The fourth-order valence-corrected chi connectivity index (χ4v) is 3.99. The van der Waals surface area contributed by atoms with Gasteiger partial charge in [-0.05, 0) is 68.9 Å². The summed E-state index contributed by atoms with van der Waals surface area (Å²) in [5.41, 5.74) is 0. The molecule has 2 nitrogen and oxygen atoms in total. The Morgan fingerprint density at radius 2 is 1.81 bits per heavy atom. The lowest BCUT2D eigenvalue weighted by atomic mass is 9.84. The molecule has 1 fully saturated rings. The Balaban J connectivity index is 2.32. The van der Waals surface area contributed by atoms with Crippen LogP contribution in [-0.2, 0) is 0 Å². The van der Waals surface area contributed by atoms with Gasteiger partial charge in [-0.15, -0.1) is 0 Å². The summed E-state index contributed by atoms with van der Waals surface area (Å²) in [6, 6.07) is 0. The number of hydrogen-bond acceptors (Lipinski definition) is 2. The maximum Gasteiger partial charge on any atom is 0.0451 e. The Morgan fingerprint density at radius 3 is 2.33 bits per heavy atom. The first-order valence-electron chi connectivity index (χ1n) is 9.43. The molecule has 4 unspecified atom stereocenters. The highest BCUT2D eigenvalue weighted by atomic mass is 15.0. The smallest absolute Gasteiger partial charge is 0.0451 e. The predicted molar refractivity (Wildman–Crippen MR) is 94.4 cm³/mol. The standard InChI is InChI=1S/C19H40N2/c1-6-7-17(12-15(2)3)8-9-18(19-13-16(19)4)10-11-21-14-20-5/h15-21H,6-14H2,1-5H3. The first-order chi connectivity index (χ1) is 10.1. The molecule has 0 radical (unpaired) electrons. The van der Waals surface area contributed by atoms with Gasteiger partial charge in [-0.25, -0.2) is 0 Å². The van der Waals surface area contributed by atoms with Crippen LogP contribution in [0.1, 0.15) is 72.6 Å². The molecule has 0 aromatic carbocycles. The second-order valence-electron chi connectivity index (χ2n) is 7.82. The van der Waals surface area contributed by atoms with Gasteiger partial charge in [-0.1, -0.05) is 47.0 Å². The van der Waals surface area contributed by atoms with E-state index in [9.17, 15) is 0 Å². The molecule has 4 atom stereocenters. The Bertz CT molecular complexity index is 252. The summed E-state index contributed by atoms with van der Waals surface area (Å²) in [6.45, 7) is 11.7. The molecule has 1 aliphatic carbocycles. The van der Waals surface area contributed by atoms with Crippen LogP contribution in [0.4, 0.5) is 0 Å². The zero-order chi connectivity index (χ0) is 15.7. The lowest BCUT2D eigenvalue weighted by Crippen LogP contribution is -2.28. The highest BCUT2D eigenvalue weighted by molar-refractivity contribution is 4.88. The lowest BCUT2D eigenvalue weighted by molar-refractivity contribution is 0.293. The van der Waals surface area contributed by atoms with E-state index < -0.39 is 0 Å². The maximum atomic E-state index is 3.50. The molecule has 0 spiro atoms. The second kappa shape index (κ2) is 10.6.